The summed E-state index contributed by atoms with van der Waals surface area (Å²) in [5, 5.41) is 7.39. The molecule has 4 aromatic rings. The molecule has 8 heteroatoms. The Morgan fingerprint density at radius 3 is 2.70 bits per heavy atom. The lowest BCUT2D eigenvalue weighted by atomic mass is 10.1. The quantitative estimate of drug-likeness (QED) is 0.509. The van der Waals surface area contributed by atoms with Gasteiger partial charge < -0.3 is 14.5 Å². The number of fused-ring (bicyclic) bond motifs is 1. The average Bonchev–Trinajstić information content (AvgIpc) is 3.31. The number of nitrogens with zero attached hydrogens (tertiary/aromatic N) is 5. The van der Waals surface area contributed by atoms with Gasteiger partial charge in [0.25, 0.3) is 5.91 Å². The van der Waals surface area contributed by atoms with Crippen LogP contribution in [0.3, 0.4) is 0 Å². The number of aromatic amines is 1. The molecular formula is C25H26N6O2. The van der Waals surface area contributed by atoms with E-state index in [9.17, 15) is 4.79 Å². The highest BCUT2D eigenvalue weighted by Crippen LogP contribution is 2.32. The first kappa shape index (κ1) is 21.1. The summed E-state index contributed by atoms with van der Waals surface area (Å²) in [5.74, 6) is 0.772. The van der Waals surface area contributed by atoms with Gasteiger partial charge in [-0.2, -0.15) is 5.10 Å². The number of para-hydroxylation sites is 1. The molecule has 1 aliphatic rings. The molecule has 8 nitrogen and oxygen atoms in total. The van der Waals surface area contributed by atoms with Crippen molar-refractivity contribution in [3.05, 3.63) is 60.3 Å². The third kappa shape index (κ3) is 4.05. The molecule has 1 amide bonds. The first-order valence-corrected chi connectivity index (χ1v) is 11.1. The number of amides is 1. The van der Waals surface area contributed by atoms with Crippen molar-refractivity contribution in [1.29, 1.82) is 0 Å². The number of carbonyl (C=O) groups excluding carboxylic acids is 1. The molecular weight excluding hydrogens is 416 g/mol. The van der Waals surface area contributed by atoms with Crippen molar-refractivity contribution < 1.29 is 9.53 Å². The molecule has 1 N–H and O–H groups in total. The number of H-pyrrole nitrogens is 1. The molecule has 3 heterocycles. The van der Waals surface area contributed by atoms with Gasteiger partial charge in [-0.1, -0.05) is 31.2 Å². The van der Waals surface area contributed by atoms with Crippen LogP contribution in [0.15, 0.2) is 54.7 Å². The number of aromatic nitrogens is 4. The van der Waals surface area contributed by atoms with Gasteiger partial charge in [0.05, 0.1) is 19.0 Å². The van der Waals surface area contributed by atoms with E-state index in [0.29, 0.717) is 33.9 Å². The first-order chi connectivity index (χ1) is 16.2. The van der Waals surface area contributed by atoms with Crippen LogP contribution in [0.5, 0.6) is 5.75 Å². The molecule has 0 saturated carbocycles. The van der Waals surface area contributed by atoms with Crippen molar-refractivity contribution in [3.63, 3.8) is 0 Å². The minimum Gasteiger partial charge on any atom is -0.496 e. The van der Waals surface area contributed by atoms with Gasteiger partial charge in [-0.15, -0.1) is 0 Å². The highest BCUT2D eigenvalue weighted by atomic mass is 16.5. The second-order valence-corrected chi connectivity index (χ2v) is 8.03. The maximum Gasteiger partial charge on any atom is 0.253 e. The highest BCUT2D eigenvalue weighted by Gasteiger charge is 2.22. The fraction of sp³-hybridized carbons (Fsp3) is 0.280. The van der Waals surface area contributed by atoms with E-state index in [1.807, 2.05) is 53.4 Å². The van der Waals surface area contributed by atoms with Crippen LogP contribution in [0.4, 0.5) is 0 Å². The maximum atomic E-state index is 13.1. The largest absolute Gasteiger partial charge is 0.496 e. The van der Waals surface area contributed by atoms with Crippen LogP contribution >= 0.6 is 0 Å². The molecule has 0 unspecified atom stereocenters. The van der Waals surface area contributed by atoms with Crippen molar-refractivity contribution >= 4 is 17.1 Å². The summed E-state index contributed by atoms with van der Waals surface area (Å²) >= 11 is 0. The van der Waals surface area contributed by atoms with Crippen molar-refractivity contribution in [2.24, 2.45) is 0 Å². The van der Waals surface area contributed by atoms with Crippen LogP contribution in [0.2, 0.25) is 0 Å². The number of hydrogen-bond acceptors (Lipinski definition) is 6. The minimum absolute atomic E-state index is 0.0552. The summed E-state index contributed by atoms with van der Waals surface area (Å²) in [5.41, 5.74) is 4.97. The average molecular weight is 443 g/mol. The predicted molar refractivity (Wildman–Crippen MR) is 127 cm³/mol. The van der Waals surface area contributed by atoms with E-state index in [-0.39, 0.29) is 5.91 Å². The van der Waals surface area contributed by atoms with Gasteiger partial charge in [0.15, 0.2) is 5.65 Å². The Morgan fingerprint density at radius 2 is 1.91 bits per heavy atom. The fourth-order valence-electron chi connectivity index (χ4n) is 4.23. The summed E-state index contributed by atoms with van der Waals surface area (Å²) in [6, 6.07) is 15.3. The van der Waals surface area contributed by atoms with E-state index in [2.05, 4.69) is 27.0 Å². The lowest BCUT2D eigenvalue weighted by Gasteiger charge is -2.34. The standard InChI is InChI=1S/C25H26N6O2/c1-3-30-11-13-31(14-12-30)25(32)18-8-6-7-17(15-18)20-16-26-24-23(27-20)22(28-29-24)19-9-4-5-10-21(19)33-2/h4-10,15-16H,3,11-14H2,1-2H3,(H,26,28,29). The van der Waals surface area contributed by atoms with E-state index in [0.717, 1.165) is 43.9 Å². The second kappa shape index (κ2) is 8.99. The van der Waals surface area contributed by atoms with Gasteiger partial charge in [0.1, 0.15) is 17.0 Å². The molecule has 0 spiro atoms. The van der Waals surface area contributed by atoms with E-state index >= 15 is 0 Å². The summed E-state index contributed by atoms with van der Waals surface area (Å²) in [6.07, 6.45) is 1.70. The van der Waals surface area contributed by atoms with E-state index in [1.165, 1.54) is 0 Å². The smallest absolute Gasteiger partial charge is 0.253 e. The van der Waals surface area contributed by atoms with E-state index in [4.69, 9.17) is 9.72 Å². The molecule has 1 fully saturated rings. The molecule has 0 aliphatic carbocycles. The second-order valence-electron chi connectivity index (χ2n) is 8.03. The fourth-order valence-corrected chi connectivity index (χ4v) is 4.23. The van der Waals surface area contributed by atoms with Crippen molar-refractivity contribution in [1.82, 2.24) is 30.0 Å². The normalized spacial score (nSPS) is 14.5. The molecule has 1 aliphatic heterocycles. The van der Waals surface area contributed by atoms with Crippen molar-refractivity contribution in [2.45, 2.75) is 6.92 Å². The van der Waals surface area contributed by atoms with E-state index in [1.54, 1.807) is 13.3 Å². The molecule has 0 radical (unpaired) electrons. The van der Waals surface area contributed by atoms with Gasteiger partial charge in [0, 0.05) is 42.9 Å². The summed E-state index contributed by atoms with van der Waals surface area (Å²) in [6.45, 7) is 6.49. The van der Waals surface area contributed by atoms with Crippen LogP contribution in [0.1, 0.15) is 17.3 Å². The highest BCUT2D eigenvalue weighted by molar-refractivity contribution is 5.96. The Kier molecular flexibility index (Phi) is 5.75. The molecule has 0 atom stereocenters. The lowest BCUT2D eigenvalue weighted by molar-refractivity contribution is 0.0643. The molecule has 5 rings (SSSR count). The summed E-state index contributed by atoms with van der Waals surface area (Å²) < 4.78 is 5.50. The number of benzene rings is 2. The number of methoxy groups -OCH3 is 1. The van der Waals surface area contributed by atoms with Crippen LogP contribution in [0, 0.1) is 0 Å². The Labute approximate surface area is 192 Å². The number of carbonyl (C=O) groups is 1. The van der Waals surface area contributed by atoms with Crippen LogP contribution < -0.4 is 4.74 Å². The number of rotatable bonds is 5. The Hall–Kier alpha value is -3.78. The molecule has 2 aromatic heterocycles. The van der Waals surface area contributed by atoms with Crippen molar-refractivity contribution in [2.75, 3.05) is 39.8 Å². The van der Waals surface area contributed by atoms with Crippen LogP contribution in [-0.4, -0.2) is 75.7 Å². The first-order valence-electron chi connectivity index (χ1n) is 11.1. The molecule has 1 saturated heterocycles. The van der Waals surface area contributed by atoms with Gasteiger partial charge in [-0.25, -0.2) is 9.97 Å². The van der Waals surface area contributed by atoms with Crippen LogP contribution in [-0.2, 0) is 0 Å². The topological polar surface area (TPSA) is 87.2 Å². The number of piperazine rings is 1. The monoisotopic (exact) mass is 442 g/mol. The van der Waals surface area contributed by atoms with Crippen LogP contribution in [0.25, 0.3) is 33.7 Å². The molecule has 168 valence electrons. The zero-order valence-electron chi connectivity index (χ0n) is 18.8. The molecule has 33 heavy (non-hydrogen) atoms. The molecule has 2 aromatic carbocycles. The predicted octanol–water partition coefficient (Wildman–Crippen LogP) is 3.47. The number of likely N-dealkylation sites (N-methyl/N-ethyl adjacent to an activating group) is 1. The summed E-state index contributed by atoms with van der Waals surface area (Å²) in [7, 11) is 1.63. The van der Waals surface area contributed by atoms with E-state index < -0.39 is 0 Å². The van der Waals surface area contributed by atoms with Crippen molar-refractivity contribution in [3.8, 4) is 28.3 Å². The molecule has 0 bridgehead atoms. The third-order valence-electron chi connectivity index (χ3n) is 6.14. The van der Waals surface area contributed by atoms with Gasteiger partial charge in [-0.3, -0.25) is 9.89 Å². The Balaban J connectivity index is 1.47. The number of hydrogen-bond donors (Lipinski definition) is 1. The maximum absolute atomic E-state index is 13.1. The van der Waals surface area contributed by atoms with Gasteiger partial charge >= 0.3 is 0 Å². The zero-order valence-corrected chi connectivity index (χ0v) is 18.8. The number of nitrogens with one attached hydrogen (secondary N) is 1. The Bertz CT molecular complexity index is 1290. The third-order valence-corrected chi connectivity index (χ3v) is 6.14. The Morgan fingerprint density at radius 1 is 1.09 bits per heavy atom. The van der Waals surface area contributed by atoms with Gasteiger partial charge in [-0.05, 0) is 30.8 Å². The SMILES string of the molecule is CCN1CCN(C(=O)c2cccc(-c3cnc4[nH]nc(-c5ccccc5OC)c4n3)c2)CC1. The summed E-state index contributed by atoms with van der Waals surface area (Å²) in [4.78, 5) is 26.8. The van der Waals surface area contributed by atoms with Gasteiger partial charge in [0.2, 0.25) is 0 Å². The zero-order chi connectivity index (χ0) is 22.8. The lowest BCUT2D eigenvalue weighted by Crippen LogP contribution is -2.48. The number of ether oxygens (including phenoxy) is 1. The minimum atomic E-state index is 0.0552.